The van der Waals surface area contributed by atoms with E-state index >= 15 is 0 Å². The van der Waals surface area contributed by atoms with Crippen LogP contribution in [0.15, 0.2) is 70.7 Å². The zero-order chi connectivity index (χ0) is 12.7. The van der Waals surface area contributed by atoms with Crippen molar-refractivity contribution in [3.8, 4) is 0 Å². The Morgan fingerprint density at radius 2 is 1.16 bits per heavy atom. The van der Waals surface area contributed by atoms with Crippen LogP contribution in [0, 0.1) is 0 Å². The van der Waals surface area contributed by atoms with E-state index in [1.54, 1.807) is 0 Å². The SMILES string of the molecule is c1cc(Sc2cccc3[nH]ccc23)c2cc[nH]c2c1. The first-order valence-electron chi connectivity index (χ1n) is 6.22. The van der Waals surface area contributed by atoms with Crippen molar-refractivity contribution in [3.63, 3.8) is 0 Å². The lowest BCUT2D eigenvalue weighted by molar-refractivity contribution is 1.45. The molecule has 0 saturated carbocycles. The average molecular weight is 264 g/mol. The van der Waals surface area contributed by atoms with Gasteiger partial charge in [-0.25, -0.2) is 0 Å². The molecule has 4 rings (SSSR count). The van der Waals surface area contributed by atoms with Gasteiger partial charge in [-0.3, -0.25) is 0 Å². The van der Waals surface area contributed by atoms with Crippen molar-refractivity contribution < 1.29 is 0 Å². The summed E-state index contributed by atoms with van der Waals surface area (Å²) in [5, 5.41) is 2.56. The fourth-order valence-corrected chi connectivity index (χ4v) is 3.52. The summed E-state index contributed by atoms with van der Waals surface area (Å²) in [5.41, 5.74) is 2.37. The normalized spacial score (nSPS) is 11.4. The van der Waals surface area contributed by atoms with Crippen LogP contribution in [0.2, 0.25) is 0 Å². The number of benzene rings is 2. The lowest BCUT2D eigenvalue weighted by atomic mass is 10.2. The Labute approximate surface area is 114 Å². The number of hydrogen-bond donors (Lipinski definition) is 2. The highest BCUT2D eigenvalue weighted by Crippen LogP contribution is 2.36. The van der Waals surface area contributed by atoms with Gasteiger partial charge in [0, 0.05) is 44.0 Å². The Balaban J connectivity index is 1.86. The third kappa shape index (κ3) is 1.74. The molecule has 2 aromatic carbocycles. The molecule has 0 spiro atoms. The first kappa shape index (κ1) is 10.8. The van der Waals surface area contributed by atoms with Gasteiger partial charge in [-0.15, -0.1) is 0 Å². The Morgan fingerprint density at radius 3 is 1.68 bits per heavy atom. The molecule has 0 aliphatic carbocycles. The van der Waals surface area contributed by atoms with Crippen LogP contribution < -0.4 is 0 Å². The molecule has 4 aromatic rings. The molecule has 0 aliphatic heterocycles. The Hall–Kier alpha value is -2.13. The van der Waals surface area contributed by atoms with Gasteiger partial charge in [-0.05, 0) is 36.4 Å². The summed E-state index contributed by atoms with van der Waals surface area (Å²) in [6, 6.07) is 17.0. The second-order valence-corrected chi connectivity index (χ2v) is 5.58. The quantitative estimate of drug-likeness (QED) is 0.535. The molecule has 0 saturated heterocycles. The molecule has 2 heterocycles. The van der Waals surface area contributed by atoms with E-state index in [1.807, 2.05) is 24.2 Å². The largest absolute Gasteiger partial charge is 0.361 e. The van der Waals surface area contributed by atoms with Crippen LogP contribution >= 0.6 is 11.8 Å². The Kier molecular flexibility index (Phi) is 2.38. The highest BCUT2D eigenvalue weighted by molar-refractivity contribution is 7.99. The molecule has 92 valence electrons. The molecule has 19 heavy (non-hydrogen) atoms. The van der Waals surface area contributed by atoms with Crippen molar-refractivity contribution in [2.75, 3.05) is 0 Å². The maximum atomic E-state index is 3.26. The van der Waals surface area contributed by atoms with E-state index < -0.39 is 0 Å². The van der Waals surface area contributed by atoms with Crippen LogP contribution in [0.5, 0.6) is 0 Å². The summed E-state index contributed by atoms with van der Waals surface area (Å²) < 4.78 is 0. The van der Waals surface area contributed by atoms with E-state index in [0.29, 0.717) is 0 Å². The predicted octanol–water partition coefficient (Wildman–Crippen LogP) is 4.80. The van der Waals surface area contributed by atoms with Crippen LogP contribution in [-0.4, -0.2) is 9.97 Å². The molecule has 0 radical (unpaired) electrons. The van der Waals surface area contributed by atoms with Gasteiger partial charge < -0.3 is 9.97 Å². The van der Waals surface area contributed by atoms with E-state index in [2.05, 4.69) is 58.5 Å². The summed E-state index contributed by atoms with van der Waals surface area (Å²) in [7, 11) is 0. The van der Waals surface area contributed by atoms with Crippen molar-refractivity contribution in [2.24, 2.45) is 0 Å². The number of hydrogen-bond acceptors (Lipinski definition) is 1. The van der Waals surface area contributed by atoms with Crippen LogP contribution in [0.1, 0.15) is 0 Å². The molecule has 3 heteroatoms. The van der Waals surface area contributed by atoms with Crippen molar-refractivity contribution in [1.82, 2.24) is 9.97 Å². The number of aromatic amines is 2. The summed E-state index contributed by atoms with van der Waals surface area (Å²) in [5.74, 6) is 0. The van der Waals surface area contributed by atoms with Crippen LogP contribution in [0.3, 0.4) is 0 Å². The fraction of sp³-hybridized carbons (Fsp3) is 0. The van der Waals surface area contributed by atoms with Gasteiger partial charge in [0.15, 0.2) is 0 Å². The molecule has 2 nitrogen and oxygen atoms in total. The van der Waals surface area contributed by atoms with Crippen LogP contribution in [0.25, 0.3) is 21.8 Å². The standard InChI is InChI=1S/C16H12N2S/c1-3-13-11(7-9-17-13)15(5-1)19-16-6-2-4-14-12(16)8-10-18-14/h1-10,17-18H. The molecule has 0 aliphatic rings. The van der Waals surface area contributed by atoms with Gasteiger partial charge >= 0.3 is 0 Å². The van der Waals surface area contributed by atoms with Gasteiger partial charge in [0.2, 0.25) is 0 Å². The number of aromatic nitrogens is 2. The minimum Gasteiger partial charge on any atom is -0.361 e. The topological polar surface area (TPSA) is 31.6 Å². The molecular formula is C16H12N2S. The first-order valence-corrected chi connectivity index (χ1v) is 7.03. The van der Waals surface area contributed by atoms with E-state index in [-0.39, 0.29) is 0 Å². The van der Waals surface area contributed by atoms with Crippen LogP contribution in [-0.2, 0) is 0 Å². The van der Waals surface area contributed by atoms with E-state index in [4.69, 9.17) is 0 Å². The minimum absolute atomic E-state index is 1.19. The third-order valence-corrected chi connectivity index (χ3v) is 4.48. The summed E-state index contributed by atoms with van der Waals surface area (Å²) in [4.78, 5) is 9.09. The lowest BCUT2D eigenvalue weighted by Crippen LogP contribution is -1.77. The Bertz CT molecular complexity index is 785. The van der Waals surface area contributed by atoms with Gasteiger partial charge in [-0.1, -0.05) is 23.9 Å². The average Bonchev–Trinajstić information content (AvgIpc) is 3.08. The minimum atomic E-state index is 1.19. The molecular weight excluding hydrogens is 252 g/mol. The van der Waals surface area contributed by atoms with Gasteiger partial charge in [0.05, 0.1) is 0 Å². The first-order chi connectivity index (χ1) is 9.42. The van der Waals surface area contributed by atoms with E-state index in [0.717, 1.165) is 0 Å². The van der Waals surface area contributed by atoms with Gasteiger partial charge in [0.25, 0.3) is 0 Å². The molecule has 0 fully saturated rings. The molecule has 2 N–H and O–H groups in total. The van der Waals surface area contributed by atoms with Gasteiger partial charge in [-0.2, -0.15) is 0 Å². The zero-order valence-electron chi connectivity index (χ0n) is 10.2. The smallest absolute Gasteiger partial charge is 0.0465 e. The summed E-state index contributed by atoms with van der Waals surface area (Å²) in [6.07, 6.45) is 3.98. The maximum Gasteiger partial charge on any atom is 0.0465 e. The number of nitrogens with one attached hydrogen (secondary N) is 2. The summed E-state index contributed by atoms with van der Waals surface area (Å²) >= 11 is 1.82. The Morgan fingerprint density at radius 1 is 0.632 bits per heavy atom. The van der Waals surface area contributed by atoms with Gasteiger partial charge in [0.1, 0.15) is 0 Å². The predicted molar refractivity (Wildman–Crippen MR) is 80.7 cm³/mol. The molecule has 2 aromatic heterocycles. The third-order valence-electron chi connectivity index (χ3n) is 3.33. The lowest BCUT2D eigenvalue weighted by Gasteiger charge is -2.05. The van der Waals surface area contributed by atoms with E-state index in [9.17, 15) is 0 Å². The van der Waals surface area contributed by atoms with Crippen molar-refractivity contribution in [2.45, 2.75) is 9.79 Å². The highest BCUT2D eigenvalue weighted by Gasteiger charge is 2.06. The second kappa shape index (κ2) is 4.21. The van der Waals surface area contributed by atoms with E-state index in [1.165, 1.54) is 31.6 Å². The zero-order valence-corrected chi connectivity index (χ0v) is 11.0. The number of fused-ring (bicyclic) bond motifs is 2. The number of rotatable bonds is 2. The molecule has 0 atom stereocenters. The highest BCUT2D eigenvalue weighted by atomic mass is 32.2. The second-order valence-electron chi connectivity index (χ2n) is 4.49. The van der Waals surface area contributed by atoms with Crippen molar-refractivity contribution in [1.29, 1.82) is 0 Å². The molecule has 0 unspecified atom stereocenters. The van der Waals surface area contributed by atoms with Crippen molar-refractivity contribution >= 4 is 33.6 Å². The molecule has 0 bridgehead atoms. The number of H-pyrrole nitrogens is 2. The van der Waals surface area contributed by atoms with Crippen LogP contribution in [0.4, 0.5) is 0 Å². The van der Waals surface area contributed by atoms with Crippen molar-refractivity contribution in [3.05, 3.63) is 60.9 Å². The molecule has 0 amide bonds. The monoisotopic (exact) mass is 264 g/mol. The summed E-state index contributed by atoms with van der Waals surface area (Å²) in [6.45, 7) is 0. The fourth-order valence-electron chi connectivity index (χ4n) is 2.41. The maximum absolute atomic E-state index is 3.26.